The van der Waals surface area contributed by atoms with Gasteiger partial charge in [0.15, 0.2) is 5.76 Å². The molecule has 0 saturated carbocycles. The Hall–Kier alpha value is -3.08. The number of amides is 1. The summed E-state index contributed by atoms with van der Waals surface area (Å²) in [5.74, 6) is -0.102. The quantitative estimate of drug-likeness (QED) is 0.802. The Balaban J connectivity index is 1.99. The molecule has 0 radical (unpaired) electrons. The molecular formula is C17H14N2O3. The number of hydrogen-bond acceptors (Lipinski definition) is 4. The standard InChI is InChI=1S/C17H14N2O3/c20-15-8-2-1-7-14(15)19(12-13-6-3-4-10-18-13)17(21)16-9-5-11-22-16/h1-11,20H,12H2. The fourth-order valence-corrected chi connectivity index (χ4v) is 2.15. The molecule has 5 heteroatoms. The second-order valence-corrected chi connectivity index (χ2v) is 4.68. The van der Waals surface area contributed by atoms with Crippen LogP contribution in [-0.2, 0) is 6.54 Å². The van der Waals surface area contributed by atoms with Crippen LogP contribution in [0.1, 0.15) is 16.2 Å². The predicted molar refractivity (Wildman–Crippen MR) is 81.6 cm³/mol. The smallest absolute Gasteiger partial charge is 0.294 e. The van der Waals surface area contributed by atoms with Crippen molar-refractivity contribution in [3.8, 4) is 5.75 Å². The number of hydrogen-bond donors (Lipinski definition) is 1. The van der Waals surface area contributed by atoms with Gasteiger partial charge in [0, 0.05) is 6.20 Å². The molecule has 2 heterocycles. The number of phenolic OH excluding ortho intramolecular Hbond substituents is 1. The van der Waals surface area contributed by atoms with Crippen LogP contribution in [-0.4, -0.2) is 16.0 Å². The van der Waals surface area contributed by atoms with Crippen LogP contribution in [0.15, 0.2) is 71.5 Å². The lowest BCUT2D eigenvalue weighted by Crippen LogP contribution is -2.30. The molecule has 110 valence electrons. The summed E-state index contributed by atoms with van der Waals surface area (Å²) < 4.78 is 5.18. The number of nitrogens with zero attached hydrogens (tertiary/aromatic N) is 2. The fourth-order valence-electron chi connectivity index (χ4n) is 2.15. The van der Waals surface area contributed by atoms with Gasteiger partial charge < -0.3 is 9.52 Å². The molecule has 0 aliphatic heterocycles. The molecular weight excluding hydrogens is 280 g/mol. The summed E-state index contributed by atoms with van der Waals surface area (Å²) in [6.07, 6.45) is 3.10. The lowest BCUT2D eigenvalue weighted by Gasteiger charge is -2.22. The van der Waals surface area contributed by atoms with Crippen molar-refractivity contribution in [1.29, 1.82) is 0 Å². The summed E-state index contributed by atoms with van der Waals surface area (Å²) in [6, 6.07) is 15.4. The van der Waals surface area contributed by atoms with E-state index in [-0.39, 0.29) is 24.0 Å². The van der Waals surface area contributed by atoms with Gasteiger partial charge in [0.2, 0.25) is 0 Å². The number of pyridine rings is 1. The molecule has 1 aromatic carbocycles. The SMILES string of the molecule is O=C(c1ccco1)N(Cc1ccccn1)c1ccccc1O. The van der Waals surface area contributed by atoms with Crippen LogP contribution in [0.3, 0.4) is 0 Å². The van der Waals surface area contributed by atoms with E-state index >= 15 is 0 Å². The molecule has 1 N–H and O–H groups in total. The van der Waals surface area contributed by atoms with E-state index in [1.807, 2.05) is 18.2 Å². The number of rotatable bonds is 4. The zero-order chi connectivity index (χ0) is 15.4. The summed E-state index contributed by atoms with van der Waals surface area (Å²) in [7, 11) is 0. The highest BCUT2D eigenvalue weighted by Gasteiger charge is 2.22. The van der Waals surface area contributed by atoms with E-state index in [0.29, 0.717) is 11.4 Å². The zero-order valence-corrected chi connectivity index (χ0v) is 11.7. The topological polar surface area (TPSA) is 66.6 Å². The third-order valence-electron chi connectivity index (χ3n) is 3.20. The Morgan fingerprint density at radius 2 is 1.91 bits per heavy atom. The molecule has 5 nitrogen and oxygen atoms in total. The van der Waals surface area contributed by atoms with Gasteiger partial charge in [-0.15, -0.1) is 0 Å². The molecule has 0 bridgehead atoms. The van der Waals surface area contributed by atoms with Crippen LogP contribution < -0.4 is 4.90 Å². The van der Waals surface area contributed by atoms with E-state index in [4.69, 9.17) is 4.42 Å². The molecule has 0 fully saturated rings. The van der Waals surface area contributed by atoms with Crippen molar-refractivity contribution in [2.45, 2.75) is 6.54 Å². The number of aromatic nitrogens is 1. The third kappa shape index (κ3) is 2.83. The number of anilines is 1. The first-order valence-electron chi connectivity index (χ1n) is 6.79. The van der Waals surface area contributed by atoms with E-state index in [0.717, 1.165) is 0 Å². The highest BCUT2D eigenvalue weighted by molar-refractivity contribution is 6.04. The van der Waals surface area contributed by atoms with Gasteiger partial charge in [-0.3, -0.25) is 14.7 Å². The highest BCUT2D eigenvalue weighted by Crippen LogP contribution is 2.29. The van der Waals surface area contributed by atoms with Gasteiger partial charge in [-0.1, -0.05) is 18.2 Å². The number of carbonyl (C=O) groups is 1. The largest absolute Gasteiger partial charge is 0.506 e. The van der Waals surface area contributed by atoms with Gasteiger partial charge in [0.25, 0.3) is 5.91 Å². The van der Waals surface area contributed by atoms with Gasteiger partial charge in [-0.25, -0.2) is 0 Å². The van der Waals surface area contributed by atoms with Crippen LogP contribution in [0, 0.1) is 0 Å². The van der Waals surface area contributed by atoms with E-state index in [1.165, 1.54) is 17.2 Å². The number of para-hydroxylation sites is 2. The van der Waals surface area contributed by atoms with E-state index in [2.05, 4.69) is 4.98 Å². The van der Waals surface area contributed by atoms with Gasteiger partial charge in [-0.2, -0.15) is 0 Å². The molecule has 0 atom stereocenters. The highest BCUT2D eigenvalue weighted by atomic mass is 16.3. The zero-order valence-electron chi connectivity index (χ0n) is 11.7. The lowest BCUT2D eigenvalue weighted by atomic mass is 10.2. The van der Waals surface area contributed by atoms with Crippen LogP contribution in [0.25, 0.3) is 0 Å². The van der Waals surface area contributed by atoms with Crippen molar-refractivity contribution in [2.24, 2.45) is 0 Å². The first-order valence-corrected chi connectivity index (χ1v) is 6.79. The van der Waals surface area contributed by atoms with Gasteiger partial charge in [-0.05, 0) is 36.4 Å². The fraction of sp³-hybridized carbons (Fsp3) is 0.0588. The maximum Gasteiger partial charge on any atom is 0.294 e. The Labute approximate surface area is 127 Å². The van der Waals surface area contributed by atoms with Crippen LogP contribution in [0.2, 0.25) is 0 Å². The molecule has 2 aromatic heterocycles. The molecule has 0 unspecified atom stereocenters. The number of aromatic hydroxyl groups is 1. The Kier molecular flexibility index (Phi) is 3.87. The van der Waals surface area contributed by atoms with Crippen molar-refractivity contribution < 1.29 is 14.3 Å². The molecule has 0 aliphatic rings. The second-order valence-electron chi connectivity index (χ2n) is 4.68. The van der Waals surface area contributed by atoms with E-state index < -0.39 is 0 Å². The summed E-state index contributed by atoms with van der Waals surface area (Å²) in [6.45, 7) is 0.234. The molecule has 0 aliphatic carbocycles. The van der Waals surface area contributed by atoms with Crippen LogP contribution in [0.4, 0.5) is 5.69 Å². The summed E-state index contributed by atoms with van der Waals surface area (Å²) in [4.78, 5) is 18.3. The minimum Gasteiger partial charge on any atom is -0.506 e. The molecule has 1 amide bonds. The van der Waals surface area contributed by atoms with Gasteiger partial charge in [0.1, 0.15) is 5.75 Å². The third-order valence-corrected chi connectivity index (χ3v) is 3.20. The average Bonchev–Trinajstić information content (AvgIpc) is 3.08. The van der Waals surface area contributed by atoms with Gasteiger partial charge in [0.05, 0.1) is 24.2 Å². The molecule has 3 aromatic rings. The van der Waals surface area contributed by atoms with E-state index in [1.54, 1.807) is 36.5 Å². The molecule has 22 heavy (non-hydrogen) atoms. The predicted octanol–water partition coefficient (Wildman–Crippen LogP) is 3.23. The minimum absolute atomic E-state index is 0.0262. The van der Waals surface area contributed by atoms with Crippen molar-refractivity contribution in [3.63, 3.8) is 0 Å². The van der Waals surface area contributed by atoms with Crippen molar-refractivity contribution >= 4 is 11.6 Å². The average molecular weight is 294 g/mol. The number of phenols is 1. The van der Waals surface area contributed by atoms with Crippen molar-refractivity contribution in [2.75, 3.05) is 4.90 Å². The van der Waals surface area contributed by atoms with E-state index in [9.17, 15) is 9.90 Å². The summed E-state index contributed by atoms with van der Waals surface area (Å²) in [5.41, 5.74) is 1.13. The second kappa shape index (κ2) is 6.13. The monoisotopic (exact) mass is 294 g/mol. The first-order chi connectivity index (χ1) is 10.8. The van der Waals surface area contributed by atoms with Crippen molar-refractivity contribution in [1.82, 2.24) is 4.98 Å². The van der Waals surface area contributed by atoms with Crippen LogP contribution >= 0.6 is 0 Å². The molecule has 0 spiro atoms. The maximum absolute atomic E-state index is 12.7. The normalized spacial score (nSPS) is 10.4. The number of carbonyl (C=O) groups excluding carboxylic acids is 1. The van der Waals surface area contributed by atoms with Crippen molar-refractivity contribution in [3.05, 3.63) is 78.5 Å². The summed E-state index contributed by atoms with van der Waals surface area (Å²) in [5, 5.41) is 10.1. The number of benzene rings is 1. The Bertz CT molecular complexity index is 755. The maximum atomic E-state index is 12.7. The first kappa shape index (κ1) is 13.9. The lowest BCUT2D eigenvalue weighted by molar-refractivity contribution is 0.0957. The number of furan rings is 1. The Morgan fingerprint density at radius 3 is 2.59 bits per heavy atom. The minimum atomic E-state index is -0.336. The molecule has 0 saturated heterocycles. The Morgan fingerprint density at radius 1 is 1.09 bits per heavy atom. The summed E-state index contributed by atoms with van der Waals surface area (Å²) >= 11 is 0. The van der Waals surface area contributed by atoms with Crippen LogP contribution in [0.5, 0.6) is 5.75 Å². The molecule has 3 rings (SSSR count). The van der Waals surface area contributed by atoms with Gasteiger partial charge >= 0.3 is 0 Å².